The van der Waals surface area contributed by atoms with Gasteiger partial charge >= 0.3 is 5.97 Å². The Morgan fingerprint density at radius 1 is 1.35 bits per heavy atom. The summed E-state index contributed by atoms with van der Waals surface area (Å²) >= 11 is 0. The van der Waals surface area contributed by atoms with E-state index in [2.05, 4.69) is 29.3 Å². The normalized spacial score (nSPS) is 17.9. The van der Waals surface area contributed by atoms with E-state index in [1.54, 1.807) is 6.07 Å². The summed E-state index contributed by atoms with van der Waals surface area (Å²) < 4.78 is 0. The molecule has 1 heterocycles. The van der Waals surface area contributed by atoms with Gasteiger partial charge in [0.1, 0.15) is 5.82 Å². The van der Waals surface area contributed by atoms with E-state index in [-0.39, 0.29) is 11.2 Å². The first kappa shape index (κ1) is 14.8. The molecule has 0 amide bonds. The minimum Gasteiger partial charge on any atom is -0.477 e. The van der Waals surface area contributed by atoms with Gasteiger partial charge in [0.05, 0.1) is 0 Å². The van der Waals surface area contributed by atoms with Crippen LogP contribution in [0, 0.1) is 0 Å². The van der Waals surface area contributed by atoms with Crippen molar-refractivity contribution in [2.45, 2.75) is 37.6 Å². The molecule has 0 aromatic carbocycles. The van der Waals surface area contributed by atoms with Gasteiger partial charge in [-0.05, 0) is 39.1 Å². The number of aromatic carboxylic acids is 1. The van der Waals surface area contributed by atoms with E-state index in [0.717, 1.165) is 6.54 Å². The molecule has 2 N–H and O–H groups in total. The number of rotatable bonds is 5. The van der Waals surface area contributed by atoms with Crippen LogP contribution in [0.2, 0.25) is 0 Å². The lowest BCUT2D eigenvalue weighted by Gasteiger charge is -2.43. The van der Waals surface area contributed by atoms with Crippen molar-refractivity contribution in [2.75, 3.05) is 26.0 Å². The molecule has 0 aliphatic heterocycles. The van der Waals surface area contributed by atoms with Crippen LogP contribution in [0.25, 0.3) is 0 Å². The summed E-state index contributed by atoms with van der Waals surface area (Å²) in [6.45, 7) is 0.802. The highest BCUT2D eigenvalue weighted by atomic mass is 16.4. The number of carboxylic acid groups (broad SMARTS) is 1. The highest BCUT2D eigenvalue weighted by Gasteiger charge is 2.33. The SMILES string of the molecule is CN(C)C1(CNc2cccc(C(=O)O)n2)CCCCC1. The Balaban J connectivity index is 2.06. The molecule has 0 saturated heterocycles. The molecular weight excluding hydrogens is 254 g/mol. The second-order valence-corrected chi connectivity index (χ2v) is 5.75. The third-order valence-corrected chi connectivity index (χ3v) is 4.30. The van der Waals surface area contributed by atoms with Crippen molar-refractivity contribution in [2.24, 2.45) is 0 Å². The number of nitrogens with zero attached hydrogens (tertiary/aromatic N) is 2. The Bertz CT molecular complexity index is 468. The van der Waals surface area contributed by atoms with Gasteiger partial charge in [-0.25, -0.2) is 9.78 Å². The number of carboxylic acids is 1. The van der Waals surface area contributed by atoms with Crippen molar-refractivity contribution in [3.8, 4) is 0 Å². The van der Waals surface area contributed by atoms with E-state index in [4.69, 9.17) is 5.11 Å². The standard InChI is InChI=1S/C15H23N3O2/c1-18(2)15(9-4-3-5-10-15)11-16-13-8-6-7-12(17-13)14(19)20/h6-8H,3-5,9-11H2,1-2H3,(H,16,17)(H,19,20). The van der Waals surface area contributed by atoms with Crippen LogP contribution < -0.4 is 5.32 Å². The van der Waals surface area contributed by atoms with Gasteiger partial charge in [0.2, 0.25) is 0 Å². The van der Waals surface area contributed by atoms with Gasteiger partial charge in [0, 0.05) is 12.1 Å². The molecule has 5 heteroatoms. The molecule has 1 fully saturated rings. The number of anilines is 1. The van der Waals surface area contributed by atoms with Gasteiger partial charge in [0.15, 0.2) is 5.69 Å². The summed E-state index contributed by atoms with van der Waals surface area (Å²) in [4.78, 5) is 17.3. The van der Waals surface area contributed by atoms with Crippen LogP contribution in [-0.2, 0) is 0 Å². The predicted molar refractivity (Wildman–Crippen MR) is 79.2 cm³/mol. The molecule has 1 aliphatic carbocycles. The van der Waals surface area contributed by atoms with Gasteiger partial charge < -0.3 is 15.3 Å². The number of hydrogen-bond donors (Lipinski definition) is 2. The van der Waals surface area contributed by atoms with Crippen LogP contribution in [0.1, 0.15) is 42.6 Å². The quantitative estimate of drug-likeness (QED) is 0.865. The Kier molecular flexibility index (Phi) is 4.60. The smallest absolute Gasteiger partial charge is 0.354 e. The molecule has 0 bridgehead atoms. The lowest BCUT2D eigenvalue weighted by atomic mass is 9.80. The van der Waals surface area contributed by atoms with E-state index in [9.17, 15) is 4.79 Å². The first-order valence-corrected chi connectivity index (χ1v) is 7.15. The fourth-order valence-corrected chi connectivity index (χ4v) is 2.90. The van der Waals surface area contributed by atoms with Crippen molar-refractivity contribution in [1.29, 1.82) is 0 Å². The molecule has 20 heavy (non-hydrogen) atoms. The zero-order valence-corrected chi connectivity index (χ0v) is 12.2. The zero-order chi connectivity index (χ0) is 14.6. The maximum atomic E-state index is 10.9. The molecule has 1 aliphatic rings. The van der Waals surface area contributed by atoms with Crippen molar-refractivity contribution in [3.05, 3.63) is 23.9 Å². The van der Waals surface area contributed by atoms with E-state index in [1.165, 1.54) is 38.2 Å². The molecule has 0 unspecified atom stereocenters. The fraction of sp³-hybridized carbons (Fsp3) is 0.600. The molecule has 5 nitrogen and oxygen atoms in total. The Labute approximate surface area is 120 Å². The molecule has 110 valence electrons. The van der Waals surface area contributed by atoms with Crippen molar-refractivity contribution >= 4 is 11.8 Å². The second-order valence-electron chi connectivity index (χ2n) is 5.75. The van der Waals surface area contributed by atoms with Crippen LogP contribution in [0.4, 0.5) is 5.82 Å². The minimum atomic E-state index is -0.992. The van der Waals surface area contributed by atoms with Crippen LogP contribution >= 0.6 is 0 Å². The summed E-state index contributed by atoms with van der Waals surface area (Å²) in [6.07, 6.45) is 6.16. The average molecular weight is 277 g/mol. The van der Waals surface area contributed by atoms with E-state index in [1.807, 2.05) is 6.07 Å². The summed E-state index contributed by atoms with van der Waals surface area (Å²) in [5.41, 5.74) is 0.233. The van der Waals surface area contributed by atoms with Crippen LogP contribution in [0.15, 0.2) is 18.2 Å². The zero-order valence-electron chi connectivity index (χ0n) is 12.2. The predicted octanol–water partition coefficient (Wildman–Crippen LogP) is 2.46. The van der Waals surface area contributed by atoms with Crippen molar-refractivity contribution < 1.29 is 9.90 Å². The van der Waals surface area contributed by atoms with Crippen LogP contribution in [-0.4, -0.2) is 47.1 Å². The highest BCUT2D eigenvalue weighted by molar-refractivity contribution is 5.85. The van der Waals surface area contributed by atoms with Gasteiger partial charge in [0.25, 0.3) is 0 Å². The number of pyridine rings is 1. The monoisotopic (exact) mass is 277 g/mol. The molecule has 0 atom stereocenters. The van der Waals surface area contributed by atoms with E-state index >= 15 is 0 Å². The first-order chi connectivity index (χ1) is 9.53. The number of aromatic nitrogens is 1. The Hall–Kier alpha value is -1.62. The molecular formula is C15H23N3O2. The third-order valence-electron chi connectivity index (χ3n) is 4.30. The summed E-state index contributed by atoms with van der Waals surface area (Å²) in [7, 11) is 4.24. The van der Waals surface area contributed by atoms with E-state index < -0.39 is 5.97 Å². The van der Waals surface area contributed by atoms with E-state index in [0.29, 0.717) is 5.82 Å². The molecule has 1 aromatic rings. The van der Waals surface area contributed by atoms with Crippen LogP contribution in [0.3, 0.4) is 0 Å². The fourth-order valence-electron chi connectivity index (χ4n) is 2.90. The molecule has 1 saturated carbocycles. The van der Waals surface area contributed by atoms with Crippen molar-refractivity contribution in [1.82, 2.24) is 9.88 Å². The average Bonchev–Trinajstić information content (AvgIpc) is 2.46. The number of carbonyl (C=O) groups is 1. The summed E-state index contributed by atoms with van der Waals surface area (Å²) in [5, 5.41) is 12.3. The lowest BCUT2D eigenvalue weighted by Crippen LogP contribution is -2.51. The largest absolute Gasteiger partial charge is 0.477 e. The van der Waals surface area contributed by atoms with Crippen molar-refractivity contribution in [3.63, 3.8) is 0 Å². The number of hydrogen-bond acceptors (Lipinski definition) is 4. The Morgan fingerprint density at radius 3 is 2.65 bits per heavy atom. The maximum Gasteiger partial charge on any atom is 0.354 e. The highest BCUT2D eigenvalue weighted by Crippen LogP contribution is 2.32. The number of nitrogens with one attached hydrogen (secondary N) is 1. The lowest BCUT2D eigenvalue weighted by molar-refractivity contribution is 0.0690. The minimum absolute atomic E-state index is 0.0811. The second kappa shape index (κ2) is 6.22. The van der Waals surface area contributed by atoms with Gasteiger partial charge in [-0.15, -0.1) is 0 Å². The molecule has 2 rings (SSSR count). The topological polar surface area (TPSA) is 65.5 Å². The van der Waals surface area contributed by atoms with Crippen LogP contribution in [0.5, 0.6) is 0 Å². The molecule has 0 spiro atoms. The summed E-state index contributed by atoms with van der Waals surface area (Å²) in [5.74, 6) is -0.356. The first-order valence-electron chi connectivity index (χ1n) is 7.15. The van der Waals surface area contributed by atoms with Gasteiger partial charge in [-0.2, -0.15) is 0 Å². The molecule has 1 aromatic heterocycles. The third kappa shape index (κ3) is 3.28. The van der Waals surface area contributed by atoms with Gasteiger partial charge in [-0.1, -0.05) is 25.3 Å². The maximum absolute atomic E-state index is 10.9. The number of likely N-dealkylation sites (N-methyl/N-ethyl adjacent to an activating group) is 1. The Morgan fingerprint density at radius 2 is 2.05 bits per heavy atom. The molecule has 0 radical (unpaired) electrons. The summed E-state index contributed by atoms with van der Waals surface area (Å²) in [6, 6.07) is 5.05. The van der Waals surface area contributed by atoms with Gasteiger partial charge in [-0.3, -0.25) is 0 Å².